The summed E-state index contributed by atoms with van der Waals surface area (Å²) in [7, 11) is -2.72. The van der Waals surface area contributed by atoms with E-state index in [0.29, 0.717) is 5.75 Å². The van der Waals surface area contributed by atoms with Crippen LogP contribution in [-0.2, 0) is 9.84 Å². The molecule has 2 atom stereocenters. The van der Waals surface area contributed by atoms with Crippen LogP contribution in [-0.4, -0.2) is 25.3 Å². The lowest BCUT2D eigenvalue weighted by atomic mass is 10.1. The van der Waals surface area contributed by atoms with Gasteiger partial charge in [-0.05, 0) is 19.3 Å². The quantitative estimate of drug-likeness (QED) is 0.569. The van der Waals surface area contributed by atoms with Crippen molar-refractivity contribution in [2.24, 2.45) is 5.92 Å². The maximum atomic E-state index is 10.9. The molecule has 0 amide bonds. The lowest BCUT2D eigenvalue weighted by Crippen LogP contribution is -2.12. The summed E-state index contributed by atoms with van der Waals surface area (Å²) in [5.41, 5.74) is 0. The first-order valence-electron chi connectivity index (χ1n) is 3.36. The normalized spacial score (nSPS) is 34.0. The Morgan fingerprint density at radius 1 is 1.60 bits per heavy atom. The fraction of sp³-hybridized carbons (Fsp3) is 1.00. The van der Waals surface area contributed by atoms with Gasteiger partial charge in [0.2, 0.25) is 0 Å². The van der Waals surface area contributed by atoms with E-state index >= 15 is 0 Å². The molecule has 0 N–H and O–H groups in total. The number of rotatable bonds is 1. The van der Waals surface area contributed by atoms with Crippen molar-refractivity contribution >= 4 is 21.4 Å². The molecule has 0 radical (unpaired) electrons. The van der Waals surface area contributed by atoms with Crippen LogP contribution in [0.3, 0.4) is 0 Å². The molecule has 0 saturated carbocycles. The van der Waals surface area contributed by atoms with Crippen LogP contribution in [0.25, 0.3) is 0 Å². The smallest absolute Gasteiger partial charge is 0.150 e. The predicted molar refractivity (Wildman–Crippen MR) is 42.1 cm³/mol. The molecule has 4 heteroatoms. The zero-order valence-electron chi connectivity index (χ0n) is 5.88. The molecule has 0 bridgehead atoms. The minimum Gasteiger partial charge on any atom is -0.229 e. The van der Waals surface area contributed by atoms with Gasteiger partial charge in [0.15, 0.2) is 9.84 Å². The van der Waals surface area contributed by atoms with E-state index in [2.05, 4.69) is 0 Å². The van der Waals surface area contributed by atoms with E-state index in [1.165, 1.54) is 0 Å². The minimum absolute atomic E-state index is 0.00252. The molecule has 0 aromatic rings. The van der Waals surface area contributed by atoms with Crippen molar-refractivity contribution < 1.29 is 8.42 Å². The highest BCUT2D eigenvalue weighted by Gasteiger charge is 2.30. The van der Waals surface area contributed by atoms with Crippen LogP contribution in [0.2, 0.25) is 0 Å². The van der Waals surface area contributed by atoms with Crippen molar-refractivity contribution in [3.63, 3.8) is 0 Å². The largest absolute Gasteiger partial charge is 0.229 e. The molecule has 2 nitrogen and oxygen atoms in total. The maximum absolute atomic E-state index is 10.9. The first kappa shape index (κ1) is 8.34. The summed E-state index contributed by atoms with van der Waals surface area (Å²) in [5.74, 6) is 0.804. The molecule has 0 aromatic heterocycles. The molecular weight excluding hydrogens is 172 g/mol. The molecule has 10 heavy (non-hydrogen) atoms. The van der Waals surface area contributed by atoms with Crippen LogP contribution in [0.15, 0.2) is 0 Å². The highest BCUT2D eigenvalue weighted by atomic mass is 35.5. The van der Waals surface area contributed by atoms with Gasteiger partial charge in [-0.1, -0.05) is 0 Å². The van der Waals surface area contributed by atoms with E-state index in [0.717, 1.165) is 6.42 Å². The summed E-state index contributed by atoms with van der Waals surface area (Å²) in [4.78, 5) is 0. The molecule has 1 aliphatic heterocycles. The third-order valence-electron chi connectivity index (χ3n) is 1.92. The Morgan fingerprint density at radius 3 is 2.40 bits per heavy atom. The summed E-state index contributed by atoms with van der Waals surface area (Å²) < 4.78 is 21.8. The average Bonchev–Trinajstić information content (AvgIpc) is 2.10. The van der Waals surface area contributed by atoms with E-state index in [1.807, 2.05) is 6.92 Å². The van der Waals surface area contributed by atoms with Gasteiger partial charge in [-0.2, -0.15) is 0 Å². The Hall–Kier alpha value is 0.240. The Bertz CT molecular complexity index is 208. The second kappa shape index (κ2) is 2.70. The first-order valence-corrected chi connectivity index (χ1v) is 5.61. The lowest BCUT2D eigenvalue weighted by Gasteiger charge is -2.07. The molecule has 0 aromatic carbocycles. The molecule has 1 aliphatic rings. The number of hydrogen-bond acceptors (Lipinski definition) is 2. The Kier molecular flexibility index (Phi) is 2.25. The van der Waals surface area contributed by atoms with Gasteiger partial charge in [-0.15, -0.1) is 11.6 Å². The third-order valence-corrected chi connectivity index (χ3v) is 4.07. The van der Waals surface area contributed by atoms with Gasteiger partial charge in [0.05, 0.1) is 11.5 Å². The Balaban J connectivity index is 2.60. The Labute approximate surface area is 66.5 Å². The average molecular weight is 183 g/mol. The van der Waals surface area contributed by atoms with Crippen LogP contribution in [0, 0.1) is 5.92 Å². The van der Waals surface area contributed by atoms with Crippen LogP contribution in [0.5, 0.6) is 0 Å². The molecule has 0 spiro atoms. The van der Waals surface area contributed by atoms with Gasteiger partial charge in [-0.3, -0.25) is 0 Å². The maximum Gasteiger partial charge on any atom is 0.150 e. The predicted octanol–water partition coefficient (Wildman–Crippen LogP) is 1.05. The fourth-order valence-electron chi connectivity index (χ4n) is 1.19. The summed E-state index contributed by atoms with van der Waals surface area (Å²) in [5, 5.41) is -0.00252. The van der Waals surface area contributed by atoms with Crippen LogP contribution < -0.4 is 0 Å². The van der Waals surface area contributed by atoms with Crippen LogP contribution in [0.1, 0.15) is 13.3 Å². The monoisotopic (exact) mass is 182 g/mol. The standard InChI is InChI=1S/C6H11ClO2S/c1-5(7)6-2-3-10(8,9)4-6/h5-6H,2-4H2,1H3. The van der Waals surface area contributed by atoms with Crippen LogP contribution >= 0.6 is 11.6 Å². The minimum atomic E-state index is -2.72. The number of hydrogen-bond donors (Lipinski definition) is 0. The second-order valence-electron chi connectivity index (χ2n) is 2.84. The molecule has 0 aliphatic carbocycles. The molecule has 1 heterocycles. The van der Waals surface area contributed by atoms with Gasteiger partial charge in [0, 0.05) is 5.38 Å². The molecule has 2 unspecified atom stereocenters. The summed E-state index contributed by atoms with van der Waals surface area (Å²) >= 11 is 5.75. The van der Waals surface area contributed by atoms with Gasteiger partial charge >= 0.3 is 0 Å². The second-order valence-corrected chi connectivity index (χ2v) is 5.76. The zero-order chi connectivity index (χ0) is 7.78. The zero-order valence-corrected chi connectivity index (χ0v) is 7.45. The molecule has 1 rings (SSSR count). The van der Waals surface area contributed by atoms with Gasteiger partial charge < -0.3 is 0 Å². The SMILES string of the molecule is CC(Cl)C1CCS(=O)(=O)C1. The highest BCUT2D eigenvalue weighted by molar-refractivity contribution is 7.91. The summed E-state index contributed by atoms with van der Waals surface area (Å²) in [6.07, 6.45) is 0.743. The van der Waals surface area contributed by atoms with E-state index in [4.69, 9.17) is 11.6 Å². The van der Waals surface area contributed by atoms with Gasteiger partial charge in [0.25, 0.3) is 0 Å². The van der Waals surface area contributed by atoms with Crippen molar-refractivity contribution in [2.75, 3.05) is 11.5 Å². The van der Waals surface area contributed by atoms with E-state index < -0.39 is 9.84 Å². The third kappa shape index (κ3) is 1.86. The molecular formula is C6H11ClO2S. The van der Waals surface area contributed by atoms with E-state index in [9.17, 15) is 8.42 Å². The Morgan fingerprint density at radius 2 is 2.20 bits per heavy atom. The summed E-state index contributed by atoms with van der Waals surface area (Å²) in [6.45, 7) is 1.85. The van der Waals surface area contributed by atoms with Crippen molar-refractivity contribution in [2.45, 2.75) is 18.7 Å². The molecule has 60 valence electrons. The van der Waals surface area contributed by atoms with Gasteiger partial charge in [-0.25, -0.2) is 8.42 Å². The van der Waals surface area contributed by atoms with Crippen LogP contribution in [0.4, 0.5) is 0 Å². The van der Waals surface area contributed by atoms with Gasteiger partial charge in [0.1, 0.15) is 0 Å². The number of halogens is 1. The van der Waals surface area contributed by atoms with E-state index in [1.54, 1.807) is 0 Å². The van der Waals surface area contributed by atoms with Crippen molar-refractivity contribution in [1.82, 2.24) is 0 Å². The molecule has 1 fully saturated rings. The number of sulfone groups is 1. The van der Waals surface area contributed by atoms with Crippen molar-refractivity contribution in [3.8, 4) is 0 Å². The highest BCUT2D eigenvalue weighted by Crippen LogP contribution is 2.24. The number of alkyl halides is 1. The molecule has 1 saturated heterocycles. The summed E-state index contributed by atoms with van der Waals surface area (Å²) in [6, 6.07) is 0. The lowest BCUT2D eigenvalue weighted by molar-refractivity contribution is 0.576. The van der Waals surface area contributed by atoms with Crippen molar-refractivity contribution in [3.05, 3.63) is 0 Å². The van der Waals surface area contributed by atoms with Crippen molar-refractivity contribution in [1.29, 1.82) is 0 Å². The topological polar surface area (TPSA) is 34.1 Å². The van der Waals surface area contributed by atoms with E-state index in [-0.39, 0.29) is 17.0 Å². The fourth-order valence-corrected chi connectivity index (χ4v) is 3.44. The first-order chi connectivity index (χ1) is 4.51.